The average molecular weight is 538 g/mol. The van der Waals surface area contributed by atoms with E-state index in [-0.39, 0.29) is 12.4 Å². The maximum absolute atomic E-state index is 13.3. The third-order valence-corrected chi connectivity index (χ3v) is 6.51. The number of carbonyl (C=O) groups excluding carboxylic acids is 2. The summed E-state index contributed by atoms with van der Waals surface area (Å²) in [5.74, 6) is -1.82. The Labute approximate surface area is 233 Å². The number of nitrogens with one attached hydrogen (secondary N) is 2. The minimum absolute atomic E-state index is 0.132. The second kappa shape index (κ2) is 13.7. The Morgan fingerprint density at radius 1 is 0.900 bits per heavy atom. The highest BCUT2D eigenvalue weighted by Crippen LogP contribution is 2.33. The van der Waals surface area contributed by atoms with Gasteiger partial charge in [-0.3, -0.25) is 14.9 Å². The lowest BCUT2D eigenvalue weighted by Gasteiger charge is -2.18. The molecule has 1 atom stereocenters. The molecule has 0 aliphatic heterocycles. The van der Waals surface area contributed by atoms with Crippen molar-refractivity contribution in [3.05, 3.63) is 130 Å². The maximum atomic E-state index is 13.3. The summed E-state index contributed by atoms with van der Waals surface area (Å²) in [4.78, 5) is 37.5. The van der Waals surface area contributed by atoms with Crippen molar-refractivity contribution in [2.75, 3.05) is 12.0 Å². The van der Waals surface area contributed by atoms with Crippen LogP contribution in [0, 0.1) is 10.1 Å². The molecule has 4 rings (SSSR count). The lowest BCUT2D eigenvalue weighted by molar-refractivity contribution is -0.385. The quantitative estimate of drug-likeness (QED) is 0.0902. The lowest BCUT2D eigenvalue weighted by atomic mass is 9.91. The molecule has 204 valence electrons. The molecule has 1 amide bonds. The third-order valence-electron chi connectivity index (χ3n) is 6.51. The van der Waals surface area contributed by atoms with Crippen LogP contribution in [0.4, 0.5) is 11.4 Å². The molecule has 0 saturated heterocycles. The zero-order valence-electron chi connectivity index (χ0n) is 22.2. The number of ether oxygens (including phenoxy) is 1. The van der Waals surface area contributed by atoms with Crippen LogP contribution in [0.2, 0.25) is 0 Å². The van der Waals surface area contributed by atoms with Crippen molar-refractivity contribution >= 4 is 23.3 Å². The molecule has 0 aliphatic rings. The molecule has 0 fully saturated rings. The van der Waals surface area contributed by atoms with Gasteiger partial charge in [0.1, 0.15) is 0 Å². The molecule has 8 heteroatoms. The van der Waals surface area contributed by atoms with Crippen LogP contribution >= 0.6 is 0 Å². The normalized spacial score (nSPS) is 11.3. The smallest absolute Gasteiger partial charge is 0.340 e. The predicted molar refractivity (Wildman–Crippen MR) is 155 cm³/mol. The minimum Gasteiger partial charge on any atom is -0.441 e. The molecule has 0 aliphatic carbocycles. The van der Waals surface area contributed by atoms with Gasteiger partial charge >= 0.3 is 5.97 Å². The molecule has 0 aromatic heterocycles. The van der Waals surface area contributed by atoms with Crippen molar-refractivity contribution in [3.8, 4) is 11.1 Å². The van der Waals surface area contributed by atoms with Crippen LogP contribution in [0.3, 0.4) is 0 Å². The SMILES string of the molecule is CCCC(C(=O)NCOC(=O)c1ccccc1-c1ccccc1)c1cc(NCc2ccccc2)ccc1[N+](=O)[O-]. The predicted octanol–water partition coefficient (Wildman–Crippen LogP) is 6.69. The van der Waals surface area contributed by atoms with Crippen molar-refractivity contribution in [2.24, 2.45) is 0 Å². The van der Waals surface area contributed by atoms with Gasteiger partial charge in [0.25, 0.3) is 5.69 Å². The first-order valence-corrected chi connectivity index (χ1v) is 13.1. The van der Waals surface area contributed by atoms with E-state index in [4.69, 9.17) is 4.74 Å². The van der Waals surface area contributed by atoms with Crippen molar-refractivity contribution in [3.63, 3.8) is 0 Å². The topological polar surface area (TPSA) is 111 Å². The molecule has 4 aromatic carbocycles. The summed E-state index contributed by atoms with van der Waals surface area (Å²) < 4.78 is 5.40. The van der Waals surface area contributed by atoms with E-state index in [0.717, 1.165) is 16.7 Å². The molecule has 0 saturated carbocycles. The van der Waals surface area contributed by atoms with Gasteiger partial charge in [-0.25, -0.2) is 4.79 Å². The summed E-state index contributed by atoms with van der Waals surface area (Å²) in [7, 11) is 0. The van der Waals surface area contributed by atoms with Gasteiger partial charge in [0, 0.05) is 23.9 Å². The van der Waals surface area contributed by atoms with E-state index in [1.54, 1.807) is 24.3 Å². The number of nitro groups is 1. The monoisotopic (exact) mass is 537 g/mol. The summed E-state index contributed by atoms with van der Waals surface area (Å²) in [5.41, 5.74) is 3.87. The van der Waals surface area contributed by atoms with E-state index in [2.05, 4.69) is 10.6 Å². The van der Waals surface area contributed by atoms with Gasteiger partial charge in [0.05, 0.1) is 16.4 Å². The van der Waals surface area contributed by atoms with Gasteiger partial charge in [-0.2, -0.15) is 0 Å². The van der Waals surface area contributed by atoms with Gasteiger partial charge in [0.2, 0.25) is 5.91 Å². The van der Waals surface area contributed by atoms with Crippen molar-refractivity contribution < 1.29 is 19.2 Å². The fourth-order valence-electron chi connectivity index (χ4n) is 4.53. The molecule has 2 N–H and O–H groups in total. The van der Waals surface area contributed by atoms with Crippen LogP contribution in [0.1, 0.15) is 47.2 Å². The Morgan fingerprint density at radius 3 is 2.27 bits per heavy atom. The highest BCUT2D eigenvalue weighted by molar-refractivity contribution is 5.97. The zero-order chi connectivity index (χ0) is 28.3. The van der Waals surface area contributed by atoms with Crippen LogP contribution < -0.4 is 10.6 Å². The number of benzene rings is 4. The fourth-order valence-corrected chi connectivity index (χ4v) is 4.53. The third kappa shape index (κ3) is 7.11. The lowest BCUT2D eigenvalue weighted by Crippen LogP contribution is -2.32. The number of hydrogen-bond donors (Lipinski definition) is 2. The molecule has 0 radical (unpaired) electrons. The van der Waals surface area contributed by atoms with Crippen LogP contribution in [-0.4, -0.2) is 23.5 Å². The van der Waals surface area contributed by atoms with Crippen molar-refractivity contribution in [1.82, 2.24) is 5.32 Å². The summed E-state index contributed by atoms with van der Waals surface area (Å²) >= 11 is 0. The Morgan fingerprint density at radius 2 is 1.57 bits per heavy atom. The van der Waals surface area contributed by atoms with Crippen LogP contribution in [0.15, 0.2) is 103 Å². The molecular formula is C32H31N3O5. The summed E-state index contributed by atoms with van der Waals surface area (Å²) in [6.45, 7) is 2.08. The number of nitro benzene ring substituents is 1. The Bertz CT molecular complexity index is 1460. The van der Waals surface area contributed by atoms with E-state index >= 15 is 0 Å². The maximum Gasteiger partial charge on any atom is 0.340 e. The highest BCUT2D eigenvalue weighted by atomic mass is 16.6. The number of rotatable bonds is 12. The van der Waals surface area contributed by atoms with E-state index in [1.165, 1.54) is 6.07 Å². The fraction of sp³-hybridized carbons (Fsp3) is 0.188. The van der Waals surface area contributed by atoms with E-state index in [0.29, 0.717) is 36.2 Å². The molecule has 1 unspecified atom stereocenters. The van der Waals surface area contributed by atoms with Crippen LogP contribution in [0.5, 0.6) is 0 Å². The molecule has 4 aromatic rings. The second-order valence-corrected chi connectivity index (χ2v) is 9.24. The summed E-state index contributed by atoms with van der Waals surface area (Å²) in [5, 5.41) is 17.8. The van der Waals surface area contributed by atoms with E-state index < -0.39 is 22.7 Å². The molecule has 0 bridgehead atoms. The standard InChI is InChI=1S/C32H31N3O5/c1-2-11-27(29-20-25(18-19-30(29)35(38)39)33-21-23-12-5-3-6-13-23)31(36)34-22-40-32(37)28-17-10-9-16-26(28)24-14-7-4-8-15-24/h3-10,12-20,27,33H,2,11,21-22H2,1H3,(H,34,36). The van der Waals surface area contributed by atoms with Gasteiger partial charge in [-0.05, 0) is 41.3 Å². The molecule has 0 spiro atoms. The Balaban J connectivity index is 1.46. The van der Waals surface area contributed by atoms with Crippen LogP contribution in [0.25, 0.3) is 11.1 Å². The van der Waals surface area contributed by atoms with Crippen molar-refractivity contribution in [2.45, 2.75) is 32.2 Å². The first-order chi connectivity index (χ1) is 19.5. The van der Waals surface area contributed by atoms with E-state index in [1.807, 2.05) is 79.7 Å². The summed E-state index contributed by atoms with van der Waals surface area (Å²) in [6, 6.07) is 31.0. The average Bonchev–Trinajstić information content (AvgIpc) is 2.99. The number of amides is 1. The number of nitrogens with zero attached hydrogens (tertiary/aromatic N) is 1. The number of esters is 1. The van der Waals surface area contributed by atoms with Crippen molar-refractivity contribution in [1.29, 1.82) is 0 Å². The van der Waals surface area contributed by atoms with E-state index in [9.17, 15) is 19.7 Å². The molecule has 8 nitrogen and oxygen atoms in total. The zero-order valence-corrected chi connectivity index (χ0v) is 22.2. The minimum atomic E-state index is -0.792. The summed E-state index contributed by atoms with van der Waals surface area (Å²) in [6.07, 6.45) is 1.01. The first-order valence-electron chi connectivity index (χ1n) is 13.1. The van der Waals surface area contributed by atoms with Gasteiger partial charge in [-0.15, -0.1) is 0 Å². The molecule has 0 heterocycles. The highest BCUT2D eigenvalue weighted by Gasteiger charge is 2.28. The molecule has 40 heavy (non-hydrogen) atoms. The molecular weight excluding hydrogens is 506 g/mol. The Hall–Kier alpha value is -4.98. The number of anilines is 1. The van der Waals surface area contributed by atoms with Gasteiger partial charge in [0.15, 0.2) is 6.73 Å². The number of hydrogen-bond acceptors (Lipinski definition) is 6. The first kappa shape index (κ1) is 28.0. The van der Waals surface area contributed by atoms with Gasteiger partial charge < -0.3 is 15.4 Å². The Kier molecular flexibility index (Phi) is 9.61. The number of carbonyl (C=O) groups is 2. The van der Waals surface area contributed by atoms with Crippen LogP contribution in [-0.2, 0) is 16.1 Å². The second-order valence-electron chi connectivity index (χ2n) is 9.24. The van der Waals surface area contributed by atoms with Gasteiger partial charge in [-0.1, -0.05) is 92.2 Å². The largest absolute Gasteiger partial charge is 0.441 e.